The van der Waals surface area contributed by atoms with E-state index in [2.05, 4.69) is 29.0 Å². The van der Waals surface area contributed by atoms with Crippen molar-refractivity contribution < 1.29 is 0 Å². The van der Waals surface area contributed by atoms with Crippen molar-refractivity contribution in [3.63, 3.8) is 0 Å². The SMILES string of the molecule is CC1CN(Cc2ccncc2Cl)C(C)CN1. The summed E-state index contributed by atoms with van der Waals surface area (Å²) in [5.41, 5.74) is 1.16. The normalized spacial score (nSPS) is 26.9. The Balaban J connectivity index is 2.06. The number of rotatable bonds is 2. The van der Waals surface area contributed by atoms with E-state index in [9.17, 15) is 0 Å². The Bertz CT molecular complexity index is 356. The quantitative estimate of drug-likeness (QED) is 0.855. The molecular weight excluding hydrogens is 222 g/mol. The van der Waals surface area contributed by atoms with Crippen molar-refractivity contribution in [2.75, 3.05) is 13.1 Å². The molecule has 0 amide bonds. The fourth-order valence-electron chi connectivity index (χ4n) is 2.07. The summed E-state index contributed by atoms with van der Waals surface area (Å²) in [6.07, 6.45) is 3.52. The third-order valence-electron chi connectivity index (χ3n) is 3.12. The highest BCUT2D eigenvalue weighted by Gasteiger charge is 2.22. The number of hydrogen-bond donors (Lipinski definition) is 1. The molecule has 1 aliphatic heterocycles. The number of halogens is 1. The van der Waals surface area contributed by atoms with Crippen LogP contribution in [-0.2, 0) is 6.54 Å². The van der Waals surface area contributed by atoms with Gasteiger partial charge in [-0.05, 0) is 25.5 Å². The number of aromatic nitrogens is 1. The smallest absolute Gasteiger partial charge is 0.0634 e. The molecule has 1 fully saturated rings. The average Bonchev–Trinajstić information content (AvgIpc) is 2.27. The van der Waals surface area contributed by atoms with Gasteiger partial charge in [0.05, 0.1) is 5.02 Å². The molecule has 2 atom stereocenters. The molecule has 1 saturated heterocycles. The Labute approximate surface area is 102 Å². The molecule has 3 nitrogen and oxygen atoms in total. The van der Waals surface area contributed by atoms with Crippen molar-refractivity contribution in [1.29, 1.82) is 0 Å². The van der Waals surface area contributed by atoms with E-state index < -0.39 is 0 Å². The zero-order valence-corrected chi connectivity index (χ0v) is 10.5. The molecule has 0 saturated carbocycles. The second-order valence-electron chi connectivity index (χ2n) is 4.55. The van der Waals surface area contributed by atoms with Gasteiger partial charge in [-0.15, -0.1) is 0 Å². The van der Waals surface area contributed by atoms with Crippen molar-refractivity contribution in [1.82, 2.24) is 15.2 Å². The van der Waals surface area contributed by atoms with Crippen LogP contribution in [0.3, 0.4) is 0 Å². The number of piperazine rings is 1. The van der Waals surface area contributed by atoms with Gasteiger partial charge in [-0.2, -0.15) is 0 Å². The van der Waals surface area contributed by atoms with Gasteiger partial charge in [0.1, 0.15) is 0 Å². The molecule has 4 heteroatoms. The first kappa shape index (κ1) is 11.8. The Kier molecular flexibility index (Phi) is 3.79. The summed E-state index contributed by atoms with van der Waals surface area (Å²) in [7, 11) is 0. The molecular formula is C12H18ClN3. The van der Waals surface area contributed by atoms with E-state index in [0.29, 0.717) is 12.1 Å². The molecule has 0 spiro atoms. The summed E-state index contributed by atoms with van der Waals surface area (Å²) in [6.45, 7) is 7.49. The summed E-state index contributed by atoms with van der Waals surface area (Å²) < 4.78 is 0. The highest BCUT2D eigenvalue weighted by Crippen LogP contribution is 2.18. The van der Waals surface area contributed by atoms with Gasteiger partial charge in [0.2, 0.25) is 0 Å². The van der Waals surface area contributed by atoms with Gasteiger partial charge in [0, 0.05) is 44.1 Å². The predicted molar refractivity (Wildman–Crippen MR) is 66.6 cm³/mol. The first-order valence-electron chi connectivity index (χ1n) is 5.72. The summed E-state index contributed by atoms with van der Waals surface area (Å²) >= 11 is 6.12. The van der Waals surface area contributed by atoms with Crippen LogP contribution in [0.25, 0.3) is 0 Å². The lowest BCUT2D eigenvalue weighted by atomic mass is 10.1. The zero-order chi connectivity index (χ0) is 11.5. The molecule has 16 heavy (non-hydrogen) atoms. The fraction of sp³-hybridized carbons (Fsp3) is 0.583. The third-order valence-corrected chi connectivity index (χ3v) is 3.46. The first-order valence-corrected chi connectivity index (χ1v) is 6.10. The zero-order valence-electron chi connectivity index (χ0n) is 9.78. The number of hydrogen-bond acceptors (Lipinski definition) is 3. The van der Waals surface area contributed by atoms with Crippen LogP contribution < -0.4 is 5.32 Å². The number of pyridine rings is 1. The lowest BCUT2D eigenvalue weighted by Gasteiger charge is -2.37. The van der Waals surface area contributed by atoms with Crippen molar-refractivity contribution in [3.8, 4) is 0 Å². The van der Waals surface area contributed by atoms with Crippen LogP contribution in [0.5, 0.6) is 0 Å². The average molecular weight is 240 g/mol. The van der Waals surface area contributed by atoms with E-state index in [1.807, 2.05) is 6.07 Å². The molecule has 0 bridgehead atoms. The van der Waals surface area contributed by atoms with Crippen molar-refractivity contribution >= 4 is 11.6 Å². The Morgan fingerprint density at radius 2 is 2.38 bits per heavy atom. The minimum Gasteiger partial charge on any atom is -0.311 e. The van der Waals surface area contributed by atoms with Crippen molar-refractivity contribution in [3.05, 3.63) is 29.0 Å². The summed E-state index contributed by atoms with van der Waals surface area (Å²) in [5.74, 6) is 0. The Morgan fingerprint density at radius 3 is 3.12 bits per heavy atom. The van der Waals surface area contributed by atoms with E-state index in [1.54, 1.807) is 12.4 Å². The molecule has 88 valence electrons. The van der Waals surface area contributed by atoms with Gasteiger partial charge in [0.15, 0.2) is 0 Å². The lowest BCUT2D eigenvalue weighted by Crippen LogP contribution is -2.53. The minimum absolute atomic E-state index is 0.553. The highest BCUT2D eigenvalue weighted by atomic mass is 35.5. The van der Waals surface area contributed by atoms with Gasteiger partial charge >= 0.3 is 0 Å². The van der Waals surface area contributed by atoms with Gasteiger partial charge in [-0.25, -0.2) is 0 Å². The summed E-state index contributed by atoms with van der Waals surface area (Å²) in [5, 5.41) is 4.24. The van der Waals surface area contributed by atoms with Crippen LogP contribution in [0.1, 0.15) is 19.4 Å². The largest absolute Gasteiger partial charge is 0.311 e. The molecule has 1 aromatic rings. The molecule has 2 rings (SSSR count). The van der Waals surface area contributed by atoms with Crippen LogP contribution in [0.4, 0.5) is 0 Å². The van der Waals surface area contributed by atoms with Crippen LogP contribution in [0.2, 0.25) is 5.02 Å². The third kappa shape index (κ3) is 2.73. The van der Waals surface area contributed by atoms with E-state index in [4.69, 9.17) is 11.6 Å². The fourth-order valence-corrected chi connectivity index (χ4v) is 2.25. The molecule has 0 aliphatic carbocycles. The Morgan fingerprint density at radius 1 is 1.56 bits per heavy atom. The molecule has 1 aliphatic rings. The summed E-state index contributed by atoms with van der Waals surface area (Å²) in [4.78, 5) is 6.47. The first-order chi connectivity index (χ1) is 7.66. The van der Waals surface area contributed by atoms with E-state index in [0.717, 1.165) is 30.2 Å². The van der Waals surface area contributed by atoms with Gasteiger partial charge in [0.25, 0.3) is 0 Å². The topological polar surface area (TPSA) is 28.2 Å². The second kappa shape index (κ2) is 5.13. The second-order valence-corrected chi connectivity index (χ2v) is 4.96. The predicted octanol–water partition coefficient (Wildman–Crippen LogP) is 1.92. The van der Waals surface area contributed by atoms with E-state index in [-0.39, 0.29) is 0 Å². The molecule has 0 aromatic carbocycles. The number of nitrogens with zero attached hydrogens (tertiary/aromatic N) is 2. The standard InChI is InChI=1S/C12H18ClN3/c1-9-7-16(10(2)5-15-9)8-11-3-4-14-6-12(11)13/h3-4,6,9-10,15H,5,7-8H2,1-2H3. The van der Waals surface area contributed by atoms with Gasteiger partial charge in [-0.1, -0.05) is 11.6 Å². The molecule has 2 heterocycles. The molecule has 0 radical (unpaired) electrons. The molecule has 1 N–H and O–H groups in total. The summed E-state index contributed by atoms with van der Waals surface area (Å²) in [6, 6.07) is 3.11. The minimum atomic E-state index is 0.553. The number of nitrogens with one attached hydrogen (secondary N) is 1. The van der Waals surface area contributed by atoms with E-state index >= 15 is 0 Å². The maximum absolute atomic E-state index is 6.12. The maximum Gasteiger partial charge on any atom is 0.0634 e. The van der Waals surface area contributed by atoms with Crippen molar-refractivity contribution in [2.45, 2.75) is 32.5 Å². The van der Waals surface area contributed by atoms with Crippen molar-refractivity contribution in [2.24, 2.45) is 0 Å². The molecule has 1 aromatic heterocycles. The highest BCUT2D eigenvalue weighted by molar-refractivity contribution is 6.31. The van der Waals surface area contributed by atoms with Crippen LogP contribution in [0.15, 0.2) is 18.5 Å². The maximum atomic E-state index is 6.12. The molecule has 2 unspecified atom stereocenters. The van der Waals surface area contributed by atoms with E-state index in [1.165, 1.54) is 0 Å². The van der Waals surface area contributed by atoms with Gasteiger partial charge in [-0.3, -0.25) is 9.88 Å². The van der Waals surface area contributed by atoms with Crippen LogP contribution >= 0.6 is 11.6 Å². The van der Waals surface area contributed by atoms with Crippen LogP contribution in [0, 0.1) is 0 Å². The Hall–Kier alpha value is -0.640. The van der Waals surface area contributed by atoms with Crippen LogP contribution in [-0.4, -0.2) is 35.1 Å². The lowest BCUT2D eigenvalue weighted by molar-refractivity contribution is 0.139. The van der Waals surface area contributed by atoms with Gasteiger partial charge < -0.3 is 5.32 Å². The monoisotopic (exact) mass is 239 g/mol.